The number of hydrogen-bond acceptors (Lipinski definition) is 3. The Kier molecular flexibility index (Phi) is 5.25. The molecular weight excluding hydrogens is 396 g/mol. The van der Waals surface area contributed by atoms with Crippen LogP contribution in [0.1, 0.15) is 32.6 Å². The fourth-order valence-electron chi connectivity index (χ4n) is 3.30. The molecule has 0 aromatic carbocycles. The SMILES string of the molecule is CCOC1(C(F)(F)F)CN([C@H]2CC[C@@](I)(/C=N\C)CC2)C1. The second-order valence-electron chi connectivity index (χ2n) is 5.98. The zero-order valence-electron chi connectivity index (χ0n) is 12.4. The van der Waals surface area contributed by atoms with E-state index in [9.17, 15) is 13.2 Å². The summed E-state index contributed by atoms with van der Waals surface area (Å²) in [6.07, 6.45) is 1.49. The van der Waals surface area contributed by atoms with Crippen molar-refractivity contribution in [3.05, 3.63) is 0 Å². The molecule has 0 amide bonds. The molecular formula is C14H22F3IN2O. The number of likely N-dealkylation sites (tertiary alicyclic amines) is 1. The Morgan fingerprint density at radius 1 is 1.33 bits per heavy atom. The van der Waals surface area contributed by atoms with Crippen LogP contribution in [0, 0.1) is 0 Å². The quantitative estimate of drug-likeness (QED) is 0.397. The zero-order chi connectivity index (χ0) is 15.7. The molecule has 1 aliphatic carbocycles. The summed E-state index contributed by atoms with van der Waals surface area (Å²) in [4.78, 5) is 6.03. The van der Waals surface area contributed by atoms with Crippen LogP contribution in [0.25, 0.3) is 0 Å². The van der Waals surface area contributed by atoms with Gasteiger partial charge in [0.15, 0.2) is 5.60 Å². The largest absolute Gasteiger partial charge is 0.419 e. The number of halogens is 4. The molecule has 0 spiro atoms. The first-order chi connectivity index (χ1) is 9.75. The van der Waals surface area contributed by atoms with E-state index in [-0.39, 0.29) is 29.2 Å². The van der Waals surface area contributed by atoms with Crippen molar-refractivity contribution < 1.29 is 17.9 Å². The smallest absolute Gasteiger partial charge is 0.363 e. The van der Waals surface area contributed by atoms with E-state index in [1.54, 1.807) is 14.0 Å². The maximum Gasteiger partial charge on any atom is 0.419 e. The van der Waals surface area contributed by atoms with E-state index in [0.29, 0.717) is 0 Å². The normalized spacial score (nSPS) is 34.1. The van der Waals surface area contributed by atoms with E-state index in [2.05, 4.69) is 27.6 Å². The van der Waals surface area contributed by atoms with Gasteiger partial charge in [-0.1, -0.05) is 22.6 Å². The Bertz CT molecular complexity index is 386. The molecule has 2 fully saturated rings. The fraction of sp³-hybridized carbons (Fsp3) is 0.929. The molecule has 21 heavy (non-hydrogen) atoms. The van der Waals surface area contributed by atoms with Crippen molar-refractivity contribution in [2.24, 2.45) is 4.99 Å². The summed E-state index contributed by atoms with van der Waals surface area (Å²) in [7, 11) is 1.77. The van der Waals surface area contributed by atoms with Crippen molar-refractivity contribution in [2.75, 3.05) is 26.7 Å². The summed E-state index contributed by atoms with van der Waals surface area (Å²) in [5.41, 5.74) is -1.94. The van der Waals surface area contributed by atoms with E-state index in [1.165, 1.54) is 0 Å². The molecule has 1 heterocycles. The van der Waals surface area contributed by atoms with Gasteiger partial charge < -0.3 is 4.74 Å². The molecule has 0 bridgehead atoms. The van der Waals surface area contributed by atoms with Gasteiger partial charge in [0, 0.05) is 39.0 Å². The molecule has 1 saturated carbocycles. The highest BCUT2D eigenvalue weighted by atomic mass is 127. The van der Waals surface area contributed by atoms with E-state index in [0.717, 1.165) is 25.7 Å². The van der Waals surface area contributed by atoms with Gasteiger partial charge in [0.25, 0.3) is 0 Å². The molecule has 2 rings (SSSR count). The van der Waals surface area contributed by atoms with Gasteiger partial charge in [-0.2, -0.15) is 13.2 Å². The summed E-state index contributed by atoms with van der Waals surface area (Å²) in [6.45, 7) is 1.67. The summed E-state index contributed by atoms with van der Waals surface area (Å²) >= 11 is 2.41. The van der Waals surface area contributed by atoms with Gasteiger partial charge in [0.05, 0.1) is 3.42 Å². The Morgan fingerprint density at radius 3 is 2.33 bits per heavy atom. The van der Waals surface area contributed by atoms with Gasteiger partial charge in [0.1, 0.15) is 0 Å². The summed E-state index contributed by atoms with van der Waals surface area (Å²) in [5.74, 6) is 0. The first-order valence-corrected chi connectivity index (χ1v) is 8.40. The fourth-order valence-corrected chi connectivity index (χ4v) is 4.21. The van der Waals surface area contributed by atoms with Crippen LogP contribution in [-0.4, -0.2) is 59.1 Å². The minimum absolute atomic E-state index is 0.0227. The van der Waals surface area contributed by atoms with Gasteiger partial charge in [-0.05, 0) is 32.6 Å². The second kappa shape index (κ2) is 6.31. The Morgan fingerprint density at radius 2 is 1.90 bits per heavy atom. The highest BCUT2D eigenvalue weighted by Crippen LogP contribution is 2.45. The molecule has 7 heteroatoms. The van der Waals surface area contributed by atoms with Crippen LogP contribution in [0.2, 0.25) is 0 Å². The Balaban J connectivity index is 1.90. The van der Waals surface area contributed by atoms with Crippen LogP contribution >= 0.6 is 22.6 Å². The van der Waals surface area contributed by atoms with E-state index >= 15 is 0 Å². The van der Waals surface area contributed by atoms with Crippen molar-refractivity contribution in [3.63, 3.8) is 0 Å². The van der Waals surface area contributed by atoms with Gasteiger partial charge in [-0.15, -0.1) is 0 Å². The number of alkyl halides is 4. The first kappa shape index (κ1) is 17.5. The number of nitrogens with zero attached hydrogens (tertiary/aromatic N) is 2. The van der Waals surface area contributed by atoms with Crippen LogP contribution in [0.15, 0.2) is 4.99 Å². The molecule has 1 saturated heterocycles. The summed E-state index contributed by atoms with van der Waals surface area (Å²) in [5, 5.41) is 0. The molecule has 122 valence electrons. The van der Waals surface area contributed by atoms with Crippen molar-refractivity contribution in [2.45, 2.75) is 53.8 Å². The van der Waals surface area contributed by atoms with Crippen LogP contribution < -0.4 is 0 Å². The number of rotatable bonds is 4. The maximum absolute atomic E-state index is 13.1. The van der Waals surface area contributed by atoms with E-state index < -0.39 is 11.8 Å². The lowest BCUT2D eigenvalue weighted by Crippen LogP contribution is -2.72. The highest BCUT2D eigenvalue weighted by Gasteiger charge is 2.63. The van der Waals surface area contributed by atoms with Crippen molar-refractivity contribution in [1.29, 1.82) is 0 Å². The average molecular weight is 418 g/mol. The van der Waals surface area contributed by atoms with Gasteiger partial charge in [-0.25, -0.2) is 0 Å². The monoisotopic (exact) mass is 418 g/mol. The maximum atomic E-state index is 13.1. The van der Waals surface area contributed by atoms with Crippen molar-refractivity contribution >= 4 is 28.8 Å². The lowest BCUT2D eigenvalue weighted by Gasteiger charge is -2.54. The second-order valence-corrected chi connectivity index (χ2v) is 8.13. The number of aliphatic imine (C=N–C) groups is 1. The Labute approximate surface area is 137 Å². The highest BCUT2D eigenvalue weighted by molar-refractivity contribution is 14.1. The van der Waals surface area contributed by atoms with Gasteiger partial charge in [0.2, 0.25) is 0 Å². The first-order valence-electron chi connectivity index (χ1n) is 7.32. The van der Waals surface area contributed by atoms with E-state index in [4.69, 9.17) is 4.74 Å². The van der Waals surface area contributed by atoms with E-state index in [1.807, 2.05) is 11.1 Å². The van der Waals surface area contributed by atoms with Crippen LogP contribution in [-0.2, 0) is 4.74 Å². The van der Waals surface area contributed by atoms with Crippen molar-refractivity contribution in [1.82, 2.24) is 4.90 Å². The summed E-state index contributed by atoms with van der Waals surface area (Å²) in [6, 6.07) is 0.245. The zero-order valence-corrected chi connectivity index (χ0v) is 14.6. The van der Waals surface area contributed by atoms with Crippen LogP contribution in [0.4, 0.5) is 13.2 Å². The predicted octanol–water partition coefficient (Wildman–Crippen LogP) is 3.46. The molecule has 0 N–H and O–H groups in total. The third kappa shape index (κ3) is 3.55. The molecule has 0 radical (unpaired) electrons. The molecule has 0 unspecified atom stereocenters. The minimum atomic E-state index is -4.28. The van der Waals surface area contributed by atoms with Crippen molar-refractivity contribution in [3.8, 4) is 0 Å². The standard InChI is InChI=1S/C14H22F3IN2O/c1-3-21-13(14(15,16)17)9-20(10-13)11-4-6-12(18,7-5-11)8-19-2/h8,11H,3-7,9-10H2,1-2H3/b19-8-/t11-,12-. The third-order valence-corrected chi connectivity index (χ3v) is 5.87. The lowest BCUT2D eigenvalue weighted by molar-refractivity contribution is -0.322. The third-order valence-electron chi connectivity index (χ3n) is 4.52. The lowest BCUT2D eigenvalue weighted by atomic mass is 9.82. The molecule has 2 aliphatic rings. The number of hydrogen-bond donors (Lipinski definition) is 0. The molecule has 1 aliphatic heterocycles. The van der Waals surface area contributed by atoms with Gasteiger partial charge >= 0.3 is 6.18 Å². The average Bonchev–Trinajstić information content (AvgIpc) is 2.33. The van der Waals surface area contributed by atoms with Crippen LogP contribution in [0.3, 0.4) is 0 Å². The Hall–Kier alpha value is 0.110. The molecule has 0 atom stereocenters. The summed E-state index contributed by atoms with van der Waals surface area (Å²) < 4.78 is 44.5. The molecule has 0 aromatic heterocycles. The predicted molar refractivity (Wildman–Crippen MR) is 85.4 cm³/mol. The molecule has 3 nitrogen and oxygen atoms in total. The van der Waals surface area contributed by atoms with Crippen LogP contribution in [0.5, 0.6) is 0 Å². The topological polar surface area (TPSA) is 24.8 Å². The van der Waals surface area contributed by atoms with Gasteiger partial charge in [-0.3, -0.25) is 9.89 Å². The number of ether oxygens (including phenoxy) is 1. The molecule has 0 aromatic rings. The minimum Gasteiger partial charge on any atom is -0.363 e.